The summed E-state index contributed by atoms with van der Waals surface area (Å²) in [5, 5.41) is 17.0. The highest BCUT2D eigenvalue weighted by Gasteiger charge is 2.31. The summed E-state index contributed by atoms with van der Waals surface area (Å²) in [6.07, 6.45) is -2.11. The molecule has 3 aromatic carbocycles. The minimum absolute atomic E-state index is 0.0226. The molecule has 210 valence electrons. The summed E-state index contributed by atoms with van der Waals surface area (Å²) in [7, 11) is 0. The van der Waals surface area contributed by atoms with Crippen molar-refractivity contribution in [2.24, 2.45) is 5.92 Å². The number of nitrogens with zero attached hydrogens (tertiary/aromatic N) is 2. The fourth-order valence-corrected chi connectivity index (χ4v) is 5.06. The molecule has 40 heavy (non-hydrogen) atoms. The Balaban J connectivity index is 1.67. The Bertz CT molecular complexity index is 1550. The maximum atomic E-state index is 13.1. The number of carbonyl (C=O) groups is 2. The standard InChI is InChI=1S/C30H29ClF3N3O3/c1-17(2)14-27(19-4-6-20(7-5-19)29(40)35-13-12-28(38)39)37-26-11-10-22(18(3)24(26)16-36-37)23-9-8-21(15-25(23)31)30(32,33)34/h4-11,15-17,27H,12-14H2,1-3H3,(H,35,40)(H,38,39). The normalized spacial score (nSPS) is 12.6. The molecule has 10 heteroatoms. The number of rotatable bonds is 9. The van der Waals surface area contributed by atoms with Gasteiger partial charge in [-0.15, -0.1) is 0 Å². The molecule has 0 bridgehead atoms. The third-order valence-electron chi connectivity index (χ3n) is 6.81. The van der Waals surface area contributed by atoms with Crippen molar-refractivity contribution in [2.45, 2.75) is 45.8 Å². The van der Waals surface area contributed by atoms with Crippen molar-refractivity contribution >= 4 is 34.4 Å². The summed E-state index contributed by atoms with van der Waals surface area (Å²) in [5.41, 5.74) is 3.53. The topological polar surface area (TPSA) is 84.2 Å². The minimum atomic E-state index is -4.48. The number of aryl methyl sites for hydroxylation is 1. The third-order valence-corrected chi connectivity index (χ3v) is 7.12. The number of aromatic nitrogens is 2. The third kappa shape index (κ3) is 6.31. The fraction of sp³-hybridized carbons (Fsp3) is 0.300. The first-order valence-corrected chi connectivity index (χ1v) is 13.2. The molecule has 0 spiro atoms. The van der Waals surface area contributed by atoms with Crippen LogP contribution in [-0.4, -0.2) is 33.3 Å². The molecule has 1 aromatic heterocycles. The lowest BCUT2D eigenvalue weighted by molar-refractivity contribution is -0.138. The second kappa shape index (κ2) is 11.7. The molecule has 0 fully saturated rings. The van der Waals surface area contributed by atoms with Crippen molar-refractivity contribution in [1.29, 1.82) is 0 Å². The molecular weight excluding hydrogens is 543 g/mol. The van der Waals surface area contributed by atoms with Crippen LogP contribution in [0, 0.1) is 12.8 Å². The quantitative estimate of drug-likeness (QED) is 0.217. The number of alkyl halides is 3. The van der Waals surface area contributed by atoms with Crippen LogP contribution in [-0.2, 0) is 11.0 Å². The first-order valence-electron chi connectivity index (χ1n) is 12.8. The molecule has 2 N–H and O–H groups in total. The van der Waals surface area contributed by atoms with E-state index >= 15 is 0 Å². The van der Waals surface area contributed by atoms with E-state index in [9.17, 15) is 22.8 Å². The van der Waals surface area contributed by atoms with Crippen molar-refractivity contribution in [3.63, 3.8) is 0 Å². The number of halogens is 4. The molecule has 0 aliphatic rings. The first kappa shape index (κ1) is 29.1. The zero-order valence-electron chi connectivity index (χ0n) is 22.2. The zero-order chi connectivity index (χ0) is 29.2. The molecule has 0 aliphatic carbocycles. The maximum Gasteiger partial charge on any atom is 0.416 e. The lowest BCUT2D eigenvalue weighted by Gasteiger charge is -2.22. The molecule has 4 rings (SSSR count). The van der Waals surface area contributed by atoms with Crippen LogP contribution in [0.4, 0.5) is 13.2 Å². The van der Waals surface area contributed by atoms with Gasteiger partial charge in [-0.1, -0.05) is 49.7 Å². The number of amides is 1. The second-order valence-electron chi connectivity index (χ2n) is 10.1. The Kier molecular flexibility index (Phi) is 8.54. The molecule has 1 unspecified atom stereocenters. The second-order valence-corrected chi connectivity index (χ2v) is 10.5. The van der Waals surface area contributed by atoms with Gasteiger partial charge in [0, 0.05) is 28.1 Å². The summed E-state index contributed by atoms with van der Waals surface area (Å²) < 4.78 is 41.3. The van der Waals surface area contributed by atoms with Gasteiger partial charge in [0.1, 0.15) is 0 Å². The van der Waals surface area contributed by atoms with E-state index in [0.29, 0.717) is 17.0 Å². The Labute approximate surface area is 234 Å². The van der Waals surface area contributed by atoms with E-state index in [1.807, 2.05) is 35.9 Å². The number of hydrogen-bond donors (Lipinski definition) is 2. The summed E-state index contributed by atoms with van der Waals surface area (Å²) in [4.78, 5) is 23.1. The van der Waals surface area contributed by atoms with Crippen molar-refractivity contribution < 1.29 is 27.9 Å². The number of benzene rings is 3. The molecule has 0 saturated heterocycles. The summed E-state index contributed by atoms with van der Waals surface area (Å²) >= 11 is 6.29. The first-order chi connectivity index (χ1) is 18.9. The summed E-state index contributed by atoms with van der Waals surface area (Å²) in [6.45, 7) is 6.16. The van der Waals surface area contributed by atoms with Crippen LogP contribution in [0.3, 0.4) is 0 Å². The molecule has 1 heterocycles. The maximum absolute atomic E-state index is 13.1. The number of carboxylic acid groups (broad SMARTS) is 1. The van der Waals surface area contributed by atoms with E-state index in [1.165, 1.54) is 6.07 Å². The predicted molar refractivity (Wildman–Crippen MR) is 149 cm³/mol. The van der Waals surface area contributed by atoms with Crippen LogP contribution < -0.4 is 5.32 Å². The Morgan fingerprint density at radius 3 is 2.33 bits per heavy atom. The molecule has 0 saturated carbocycles. The highest BCUT2D eigenvalue weighted by molar-refractivity contribution is 6.33. The number of fused-ring (bicyclic) bond motifs is 1. The van der Waals surface area contributed by atoms with Gasteiger partial charge in [-0.2, -0.15) is 18.3 Å². The minimum Gasteiger partial charge on any atom is -0.481 e. The van der Waals surface area contributed by atoms with Crippen molar-refractivity contribution in [2.75, 3.05) is 6.54 Å². The van der Waals surface area contributed by atoms with Crippen molar-refractivity contribution in [1.82, 2.24) is 15.1 Å². The highest BCUT2D eigenvalue weighted by atomic mass is 35.5. The molecule has 0 radical (unpaired) electrons. The van der Waals surface area contributed by atoms with E-state index in [0.717, 1.165) is 46.1 Å². The molecule has 0 aliphatic heterocycles. The number of carboxylic acids is 1. The largest absolute Gasteiger partial charge is 0.481 e. The molecule has 1 atom stereocenters. The molecule has 4 aromatic rings. The average Bonchev–Trinajstić information content (AvgIpc) is 3.32. The van der Waals surface area contributed by atoms with Gasteiger partial charge in [-0.05, 0) is 66.3 Å². The summed E-state index contributed by atoms with van der Waals surface area (Å²) in [5.74, 6) is -0.999. The highest BCUT2D eigenvalue weighted by Crippen LogP contribution is 2.39. The van der Waals surface area contributed by atoms with Crippen LogP contribution in [0.25, 0.3) is 22.0 Å². The Morgan fingerprint density at radius 2 is 1.73 bits per heavy atom. The lowest BCUT2D eigenvalue weighted by atomic mass is 9.95. The van der Waals surface area contributed by atoms with Gasteiger partial charge in [-0.25, -0.2) is 0 Å². The van der Waals surface area contributed by atoms with Crippen molar-refractivity contribution in [3.8, 4) is 11.1 Å². The monoisotopic (exact) mass is 571 g/mol. The Morgan fingerprint density at radius 1 is 1.05 bits per heavy atom. The summed E-state index contributed by atoms with van der Waals surface area (Å²) in [6, 6.07) is 14.1. The number of carbonyl (C=O) groups excluding carboxylic acids is 1. The van der Waals surface area contributed by atoms with Gasteiger partial charge < -0.3 is 10.4 Å². The van der Waals surface area contributed by atoms with Gasteiger partial charge in [-0.3, -0.25) is 14.3 Å². The van der Waals surface area contributed by atoms with Crippen LogP contribution in [0.15, 0.2) is 60.8 Å². The Hall–Kier alpha value is -3.85. The predicted octanol–water partition coefficient (Wildman–Crippen LogP) is 7.52. The number of nitrogens with one attached hydrogen (secondary N) is 1. The average molecular weight is 572 g/mol. The molecule has 1 amide bonds. The van der Waals surface area contributed by atoms with E-state index in [2.05, 4.69) is 19.2 Å². The van der Waals surface area contributed by atoms with Gasteiger partial charge in [0.15, 0.2) is 0 Å². The van der Waals surface area contributed by atoms with Gasteiger partial charge in [0.25, 0.3) is 5.91 Å². The zero-order valence-corrected chi connectivity index (χ0v) is 23.0. The van der Waals surface area contributed by atoms with Crippen molar-refractivity contribution in [3.05, 3.63) is 88.1 Å². The lowest BCUT2D eigenvalue weighted by Crippen LogP contribution is -2.26. The van der Waals surface area contributed by atoms with Gasteiger partial charge >= 0.3 is 12.1 Å². The number of aliphatic carboxylic acids is 1. The molecule has 6 nitrogen and oxygen atoms in total. The van der Waals surface area contributed by atoms with E-state index < -0.39 is 17.7 Å². The van der Waals surface area contributed by atoms with Gasteiger partial charge in [0.05, 0.1) is 29.7 Å². The van der Waals surface area contributed by atoms with Crippen LogP contribution in [0.1, 0.15) is 59.8 Å². The van der Waals surface area contributed by atoms with E-state index in [-0.39, 0.29) is 29.9 Å². The SMILES string of the molecule is Cc1c(-c2ccc(C(F)(F)F)cc2Cl)ccc2c1cnn2C(CC(C)C)c1ccc(C(=O)NCCC(=O)O)cc1. The number of hydrogen-bond acceptors (Lipinski definition) is 3. The van der Waals surface area contributed by atoms with Crippen LogP contribution in [0.5, 0.6) is 0 Å². The van der Waals surface area contributed by atoms with E-state index in [4.69, 9.17) is 21.8 Å². The molecular formula is C30H29ClF3N3O3. The van der Waals surface area contributed by atoms with Crippen LogP contribution in [0.2, 0.25) is 5.02 Å². The van der Waals surface area contributed by atoms with E-state index in [1.54, 1.807) is 18.3 Å². The van der Waals surface area contributed by atoms with Crippen LogP contribution >= 0.6 is 11.6 Å². The smallest absolute Gasteiger partial charge is 0.416 e. The van der Waals surface area contributed by atoms with Gasteiger partial charge in [0.2, 0.25) is 0 Å². The fourth-order valence-electron chi connectivity index (χ4n) is 4.77.